The number of rotatable bonds is 9. The summed E-state index contributed by atoms with van der Waals surface area (Å²) >= 11 is 0. The first kappa shape index (κ1) is 17.3. The second kappa shape index (κ2) is 8.02. The molecule has 0 radical (unpaired) electrons. The van der Waals surface area contributed by atoms with Gasteiger partial charge < -0.3 is 9.67 Å². The Morgan fingerprint density at radius 3 is 1.96 bits per heavy atom. The van der Waals surface area contributed by atoms with Crippen LogP contribution in [0.3, 0.4) is 0 Å². The molecule has 0 saturated carbocycles. The Morgan fingerprint density at radius 2 is 1.36 bits per heavy atom. The van der Waals surface area contributed by atoms with Crippen LogP contribution in [0.25, 0.3) is 21.8 Å². The summed E-state index contributed by atoms with van der Waals surface area (Å²) in [6, 6.07) is 17.2. The Morgan fingerprint density at radius 1 is 0.840 bits per heavy atom. The number of unbranched alkanes of at least 4 members (excludes halogenated alkanes) is 4. The van der Waals surface area contributed by atoms with E-state index < -0.39 is 5.97 Å². The number of benzene rings is 2. The minimum Gasteiger partial charge on any atom is -0.478 e. The van der Waals surface area contributed by atoms with E-state index in [0.29, 0.717) is 12.0 Å². The molecule has 2 aromatic carbocycles. The largest absolute Gasteiger partial charge is 0.478 e. The molecule has 3 aromatic rings. The molecule has 0 amide bonds. The Balaban J connectivity index is 1.55. The van der Waals surface area contributed by atoms with E-state index in [1.54, 1.807) is 0 Å². The number of hydrogen-bond acceptors (Lipinski definition) is 1. The van der Waals surface area contributed by atoms with Crippen molar-refractivity contribution in [2.24, 2.45) is 0 Å². The van der Waals surface area contributed by atoms with E-state index >= 15 is 0 Å². The highest BCUT2D eigenvalue weighted by Gasteiger charge is 2.09. The Labute approximate surface area is 148 Å². The van der Waals surface area contributed by atoms with E-state index in [0.717, 1.165) is 32.2 Å². The van der Waals surface area contributed by atoms with Gasteiger partial charge in [0.15, 0.2) is 0 Å². The second-order valence-electron chi connectivity index (χ2n) is 6.61. The third-order valence-corrected chi connectivity index (χ3v) is 4.84. The zero-order chi connectivity index (χ0) is 17.6. The fraction of sp³-hybridized carbons (Fsp3) is 0.318. The average molecular weight is 335 g/mol. The van der Waals surface area contributed by atoms with Crippen LogP contribution in [0.5, 0.6) is 0 Å². The summed E-state index contributed by atoms with van der Waals surface area (Å²) in [6.07, 6.45) is 6.04. The van der Waals surface area contributed by atoms with Crippen LogP contribution in [-0.4, -0.2) is 15.6 Å². The average Bonchev–Trinajstić information content (AvgIpc) is 2.95. The number of carbonyl (C=O) groups is 1. The third-order valence-electron chi connectivity index (χ3n) is 4.84. The molecular weight excluding hydrogens is 310 g/mol. The lowest BCUT2D eigenvalue weighted by Crippen LogP contribution is -1.99. The van der Waals surface area contributed by atoms with Crippen molar-refractivity contribution in [3.63, 3.8) is 0 Å². The predicted octanol–water partition coefficient (Wildman–Crippen LogP) is 5.78. The molecule has 0 unspecified atom stereocenters. The second-order valence-corrected chi connectivity index (χ2v) is 6.61. The standard InChI is InChI=1S/C22H25NO2/c1-17(22(24)25)11-5-3-2-4-10-16-23-20-14-8-6-12-18(20)19-13-7-9-15-21(19)23/h6-9,12-15H,1-5,10-11,16H2,(H,24,25). The van der Waals surface area contributed by atoms with Gasteiger partial charge in [0.1, 0.15) is 0 Å². The fourth-order valence-electron chi connectivity index (χ4n) is 3.49. The zero-order valence-corrected chi connectivity index (χ0v) is 14.6. The number of carboxylic acids is 1. The van der Waals surface area contributed by atoms with Gasteiger partial charge in [-0.15, -0.1) is 0 Å². The molecule has 0 aliphatic carbocycles. The summed E-state index contributed by atoms with van der Waals surface area (Å²) in [4.78, 5) is 10.7. The van der Waals surface area contributed by atoms with Crippen LogP contribution in [0.4, 0.5) is 0 Å². The van der Waals surface area contributed by atoms with Crippen LogP contribution in [-0.2, 0) is 11.3 Å². The van der Waals surface area contributed by atoms with Crippen molar-refractivity contribution >= 4 is 27.8 Å². The maximum Gasteiger partial charge on any atom is 0.330 e. The minimum atomic E-state index is -0.869. The van der Waals surface area contributed by atoms with Crippen LogP contribution in [0.2, 0.25) is 0 Å². The summed E-state index contributed by atoms with van der Waals surface area (Å²) in [5.74, 6) is -0.869. The first-order valence-corrected chi connectivity index (χ1v) is 9.05. The molecule has 0 aliphatic heterocycles. The summed E-state index contributed by atoms with van der Waals surface area (Å²) in [5.41, 5.74) is 2.94. The Kier molecular flexibility index (Phi) is 5.54. The first-order chi connectivity index (χ1) is 12.2. The van der Waals surface area contributed by atoms with E-state index in [-0.39, 0.29) is 0 Å². The highest BCUT2D eigenvalue weighted by atomic mass is 16.4. The summed E-state index contributed by atoms with van der Waals surface area (Å²) < 4.78 is 2.43. The lowest BCUT2D eigenvalue weighted by Gasteiger charge is -2.07. The smallest absolute Gasteiger partial charge is 0.330 e. The van der Waals surface area contributed by atoms with Gasteiger partial charge in [-0.05, 0) is 31.4 Å². The van der Waals surface area contributed by atoms with E-state index in [1.807, 2.05) is 0 Å². The molecule has 0 atom stereocenters. The zero-order valence-electron chi connectivity index (χ0n) is 14.6. The van der Waals surface area contributed by atoms with Crippen molar-refractivity contribution in [3.8, 4) is 0 Å². The number of nitrogens with zero attached hydrogens (tertiary/aromatic N) is 1. The van der Waals surface area contributed by atoms with Gasteiger partial charge >= 0.3 is 5.97 Å². The number of carboxylic acid groups (broad SMARTS) is 1. The molecule has 3 heteroatoms. The molecule has 3 nitrogen and oxygen atoms in total. The van der Waals surface area contributed by atoms with E-state index in [4.69, 9.17) is 5.11 Å². The van der Waals surface area contributed by atoms with Crippen LogP contribution in [0, 0.1) is 0 Å². The molecule has 0 spiro atoms. The van der Waals surface area contributed by atoms with Crippen LogP contribution >= 0.6 is 0 Å². The van der Waals surface area contributed by atoms with Gasteiger partial charge in [-0.25, -0.2) is 4.79 Å². The van der Waals surface area contributed by atoms with E-state index in [1.165, 1.54) is 28.2 Å². The van der Waals surface area contributed by atoms with Crippen molar-refractivity contribution in [2.45, 2.75) is 45.1 Å². The molecule has 0 fully saturated rings. The molecular formula is C22H25NO2. The topological polar surface area (TPSA) is 42.2 Å². The van der Waals surface area contributed by atoms with Crippen molar-refractivity contribution in [1.82, 2.24) is 4.57 Å². The predicted molar refractivity (Wildman–Crippen MR) is 104 cm³/mol. The van der Waals surface area contributed by atoms with Gasteiger partial charge in [-0.2, -0.15) is 0 Å². The maximum atomic E-state index is 10.7. The number of para-hydroxylation sites is 2. The van der Waals surface area contributed by atoms with Crippen LogP contribution in [0.15, 0.2) is 60.7 Å². The first-order valence-electron chi connectivity index (χ1n) is 9.05. The van der Waals surface area contributed by atoms with Gasteiger partial charge in [0, 0.05) is 33.9 Å². The van der Waals surface area contributed by atoms with E-state index in [2.05, 4.69) is 59.7 Å². The van der Waals surface area contributed by atoms with E-state index in [9.17, 15) is 4.79 Å². The van der Waals surface area contributed by atoms with Gasteiger partial charge in [-0.3, -0.25) is 0 Å². The summed E-state index contributed by atoms with van der Waals surface area (Å²) in [5, 5.41) is 11.4. The number of hydrogen-bond donors (Lipinski definition) is 1. The monoisotopic (exact) mass is 335 g/mol. The third kappa shape index (κ3) is 3.93. The van der Waals surface area contributed by atoms with Crippen molar-refractivity contribution in [1.29, 1.82) is 0 Å². The SMILES string of the molecule is C=C(CCCCCCCn1c2ccccc2c2ccccc21)C(=O)O. The molecule has 0 saturated heterocycles. The summed E-state index contributed by atoms with van der Waals surface area (Å²) in [7, 11) is 0. The van der Waals surface area contributed by atoms with Crippen LogP contribution < -0.4 is 0 Å². The van der Waals surface area contributed by atoms with Gasteiger partial charge in [0.2, 0.25) is 0 Å². The van der Waals surface area contributed by atoms with Gasteiger partial charge in [-0.1, -0.05) is 62.2 Å². The lowest BCUT2D eigenvalue weighted by molar-refractivity contribution is -0.132. The van der Waals surface area contributed by atoms with Gasteiger partial charge in [0.25, 0.3) is 0 Å². The van der Waals surface area contributed by atoms with Gasteiger partial charge in [0.05, 0.1) is 0 Å². The molecule has 3 rings (SSSR count). The quantitative estimate of drug-likeness (QED) is 0.398. The number of fused-ring (bicyclic) bond motifs is 3. The lowest BCUT2D eigenvalue weighted by atomic mass is 10.1. The maximum absolute atomic E-state index is 10.7. The molecule has 0 bridgehead atoms. The number of aromatic nitrogens is 1. The molecule has 130 valence electrons. The molecule has 1 heterocycles. The van der Waals surface area contributed by atoms with Crippen LogP contribution in [0.1, 0.15) is 38.5 Å². The molecule has 25 heavy (non-hydrogen) atoms. The fourth-order valence-corrected chi connectivity index (χ4v) is 3.49. The molecule has 1 aromatic heterocycles. The molecule has 0 aliphatic rings. The summed E-state index contributed by atoms with van der Waals surface area (Å²) in [6.45, 7) is 4.60. The molecule has 1 N–H and O–H groups in total. The highest BCUT2D eigenvalue weighted by Crippen LogP contribution is 2.29. The highest BCUT2D eigenvalue weighted by molar-refractivity contribution is 6.07. The Hall–Kier alpha value is -2.55. The normalized spacial score (nSPS) is 11.2. The minimum absolute atomic E-state index is 0.324. The van der Waals surface area contributed by atoms with Crippen molar-refractivity contribution < 1.29 is 9.90 Å². The van der Waals surface area contributed by atoms with Crippen molar-refractivity contribution in [3.05, 3.63) is 60.7 Å². The Bertz CT molecular complexity index is 838. The number of aryl methyl sites for hydroxylation is 1. The number of aliphatic carboxylic acids is 1. The van der Waals surface area contributed by atoms with Crippen molar-refractivity contribution in [2.75, 3.05) is 0 Å².